The lowest BCUT2D eigenvalue weighted by Crippen LogP contribution is -2.33. The predicted octanol–water partition coefficient (Wildman–Crippen LogP) is 0.964. The maximum absolute atomic E-state index is 11.9. The summed E-state index contributed by atoms with van der Waals surface area (Å²) >= 11 is 0. The van der Waals surface area contributed by atoms with Gasteiger partial charge >= 0.3 is 10.5 Å². The molecule has 1 aromatic rings. The highest BCUT2D eigenvalue weighted by molar-refractivity contribution is 7.61. The molecule has 1 saturated heterocycles. The first-order chi connectivity index (χ1) is 9.66. The topological polar surface area (TPSA) is 107 Å². The third-order valence-electron chi connectivity index (χ3n) is 2.60. The molecule has 2 rings (SSSR count). The van der Waals surface area contributed by atoms with E-state index >= 15 is 0 Å². The number of rotatable bonds is 4. The quantitative estimate of drug-likeness (QED) is 0.830. The summed E-state index contributed by atoms with van der Waals surface area (Å²) in [7, 11) is -2.66. The Morgan fingerprint density at radius 3 is 3.05 bits per heavy atom. The SMILES string of the molecule is O=C(NOC1CCCCO1)c1ncccc1N=S(=O)=O. The highest BCUT2D eigenvalue weighted by Crippen LogP contribution is 2.16. The van der Waals surface area contributed by atoms with Gasteiger partial charge in [-0.1, -0.05) is 0 Å². The van der Waals surface area contributed by atoms with Gasteiger partial charge in [-0.15, -0.1) is 4.36 Å². The van der Waals surface area contributed by atoms with Crippen LogP contribution in [0.1, 0.15) is 29.8 Å². The number of amides is 1. The lowest BCUT2D eigenvalue weighted by Gasteiger charge is -2.22. The number of hydrogen-bond acceptors (Lipinski definition) is 7. The summed E-state index contributed by atoms with van der Waals surface area (Å²) in [6.07, 6.45) is 3.47. The van der Waals surface area contributed by atoms with E-state index in [9.17, 15) is 13.2 Å². The lowest BCUT2D eigenvalue weighted by atomic mass is 10.2. The average molecular weight is 299 g/mol. The molecule has 0 aromatic carbocycles. The molecule has 1 aromatic heterocycles. The smallest absolute Gasteiger partial charge is 0.316 e. The second-order valence-corrected chi connectivity index (χ2v) is 4.64. The van der Waals surface area contributed by atoms with Crippen LogP contribution in [-0.4, -0.2) is 32.2 Å². The van der Waals surface area contributed by atoms with E-state index in [-0.39, 0.29) is 11.4 Å². The summed E-state index contributed by atoms with van der Waals surface area (Å²) in [6.45, 7) is 0.583. The molecule has 1 unspecified atom stereocenters. The van der Waals surface area contributed by atoms with Crippen LogP contribution in [0.2, 0.25) is 0 Å². The molecular weight excluding hydrogens is 286 g/mol. The van der Waals surface area contributed by atoms with Gasteiger partial charge in [-0.2, -0.15) is 8.42 Å². The van der Waals surface area contributed by atoms with Crippen LogP contribution in [0.5, 0.6) is 0 Å². The molecular formula is C11H13N3O5S. The zero-order chi connectivity index (χ0) is 14.4. The number of ether oxygens (including phenoxy) is 1. The molecule has 0 radical (unpaired) electrons. The number of nitrogens with zero attached hydrogens (tertiary/aromatic N) is 2. The fraction of sp³-hybridized carbons (Fsp3) is 0.455. The third kappa shape index (κ3) is 4.08. The van der Waals surface area contributed by atoms with Crippen molar-refractivity contribution in [2.75, 3.05) is 6.61 Å². The molecule has 20 heavy (non-hydrogen) atoms. The lowest BCUT2D eigenvalue weighted by molar-refractivity contribution is -0.186. The molecule has 1 N–H and O–H groups in total. The minimum absolute atomic E-state index is 0.0495. The van der Waals surface area contributed by atoms with Crippen LogP contribution in [-0.2, 0) is 20.1 Å². The Morgan fingerprint density at radius 1 is 1.50 bits per heavy atom. The van der Waals surface area contributed by atoms with Gasteiger partial charge in [0.25, 0.3) is 5.91 Å². The molecule has 0 aliphatic carbocycles. The van der Waals surface area contributed by atoms with Crippen molar-refractivity contribution in [1.29, 1.82) is 0 Å². The first-order valence-corrected chi connectivity index (χ1v) is 7.04. The van der Waals surface area contributed by atoms with Crippen molar-refractivity contribution in [2.45, 2.75) is 25.6 Å². The molecule has 9 heteroatoms. The van der Waals surface area contributed by atoms with Crippen molar-refractivity contribution >= 4 is 22.1 Å². The molecule has 1 amide bonds. The fourth-order valence-electron chi connectivity index (χ4n) is 1.70. The molecule has 1 aliphatic heterocycles. The molecule has 0 bridgehead atoms. The van der Waals surface area contributed by atoms with Crippen molar-refractivity contribution in [2.24, 2.45) is 4.36 Å². The van der Waals surface area contributed by atoms with Crippen molar-refractivity contribution in [3.05, 3.63) is 24.0 Å². The van der Waals surface area contributed by atoms with Crippen LogP contribution in [0.3, 0.4) is 0 Å². The second-order valence-electron chi connectivity index (χ2n) is 4.02. The zero-order valence-electron chi connectivity index (χ0n) is 10.5. The van der Waals surface area contributed by atoms with Crippen LogP contribution >= 0.6 is 0 Å². The minimum Gasteiger partial charge on any atom is -0.350 e. The Kier molecular flexibility index (Phi) is 5.16. The van der Waals surface area contributed by atoms with Crippen molar-refractivity contribution in [3.63, 3.8) is 0 Å². The third-order valence-corrected chi connectivity index (χ3v) is 2.94. The predicted molar refractivity (Wildman–Crippen MR) is 67.4 cm³/mol. The minimum atomic E-state index is -2.66. The molecule has 0 spiro atoms. The van der Waals surface area contributed by atoms with E-state index < -0.39 is 22.7 Å². The summed E-state index contributed by atoms with van der Waals surface area (Å²) in [5.41, 5.74) is 2.01. The Balaban J connectivity index is 2.03. The van der Waals surface area contributed by atoms with E-state index in [0.29, 0.717) is 13.0 Å². The number of carbonyl (C=O) groups excluding carboxylic acids is 1. The second kappa shape index (κ2) is 7.08. The maximum atomic E-state index is 11.9. The van der Waals surface area contributed by atoms with Crippen molar-refractivity contribution in [1.82, 2.24) is 10.5 Å². The molecule has 0 saturated carbocycles. The Labute approximate surface area is 116 Å². The molecule has 1 fully saturated rings. The van der Waals surface area contributed by atoms with Gasteiger partial charge in [0.2, 0.25) is 0 Å². The van der Waals surface area contributed by atoms with Gasteiger partial charge in [0.15, 0.2) is 12.0 Å². The van der Waals surface area contributed by atoms with E-state index in [0.717, 1.165) is 12.8 Å². The van der Waals surface area contributed by atoms with Gasteiger partial charge in [0, 0.05) is 19.2 Å². The van der Waals surface area contributed by atoms with Gasteiger partial charge < -0.3 is 4.74 Å². The molecule has 108 valence electrons. The normalized spacial score (nSPS) is 18.3. The van der Waals surface area contributed by atoms with Gasteiger partial charge in [-0.3, -0.25) is 4.79 Å². The van der Waals surface area contributed by atoms with E-state index in [1.807, 2.05) is 0 Å². The van der Waals surface area contributed by atoms with E-state index in [1.54, 1.807) is 0 Å². The van der Waals surface area contributed by atoms with E-state index in [2.05, 4.69) is 14.8 Å². The summed E-state index contributed by atoms with van der Waals surface area (Å²) < 4.78 is 29.7. The first kappa shape index (κ1) is 14.6. The molecule has 1 atom stereocenters. The summed E-state index contributed by atoms with van der Waals surface area (Å²) in [5, 5.41) is 0. The average Bonchev–Trinajstić information content (AvgIpc) is 2.46. The molecule has 8 nitrogen and oxygen atoms in total. The number of pyridine rings is 1. The van der Waals surface area contributed by atoms with Crippen LogP contribution in [0.15, 0.2) is 22.7 Å². The highest BCUT2D eigenvalue weighted by Gasteiger charge is 2.18. The van der Waals surface area contributed by atoms with Crippen LogP contribution in [0, 0.1) is 0 Å². The van der Waals surface area contributed by atoms with Gasteiger partial charge in [0.05, 0.1) is 0 Å². The standard InChI is InChI=1S/C11H13N3O5S/c15-11(13-19-9-5-1-2-7-18-9)10-8(14-20(16)17)4-3-6-12-10/h3-4,6,9H,1-2,5,7H2,(H,13,15). The van der Waals surface area contributed by atoms with Gasteiger partial charge in [-0.25, -0.2) is 15.3 Å². The number of nitrogens with one attached hydrogen (secondary N) is 1. The maximum Gasteiger partial charge on any atom is 0.316 e. The monoisotopic (exact) mass is 299 g/mol. The zero-order valence-corrected chi connectivity index (χ0v) is 11.3. The summed E-state index contributed by atoms with van der Waals surface area (Å²) in [6, 6.07) is 2.85. The largest absolute Gasteiger partial charge is 0.350 e. The fourth-order valence-corrected chi connectivity index (χ4v) is 2.01. The molecule has 1 aliphatic rings. The van der Waals surface area contributed by atoms with Gasteiger partial charge in [-0.05, 0) is 25.0 Å². The number of hydrogen-bond donors (Lipinski definition) is 1. The van der Waals surface area contributed by atoms with Crippen LogP contribution in [0.4, 0.5) is 5.69 Å². The van der Waals surface area contributed by atoms with Crippen molar-refractivity contribution < 1.29 is 22.8 Å². The number of carbonyl (C=O) groups is 1. The number of hydroxylamine groups is 1. The first-order valence-electron chi connectivity index (χ1n) is 6.00. The van der Waals surface area contributed by atoms with E-state index in [1.165, 1.54) is 18.3 Å². The summed E-state index contributed by atoms with van der Waals surface area (Å²) in [5.74, 6) is -0.677. The van der Waals surface area contributed by atoms with Gasteiger partial charge in [0.1, 0.15) is 5.69 Å². The van der Waals surface area contributed by atoms with Crippen molar-refractivity contribution in [3.8, 4) is 0 Å². The van der Waals surface area contributed by atoms with Crippen LogP contribution in [0.25, 0.3) is 0 Å². The Hall–Kier alpha value is -1.84. The van der Waals surface area contributed by atoms with Crippen LogP contribution < -0.4 is 5.48 Å². The molecule has 2 heterocycles. The summed E-state index contributed by atoms with van der Waals surface area (Å²) in [4.78, 5) is 20.8. The highest BCUT2D eigenvalue weighted by atomic mass is 32.2. The van der Waals surface area contributed by atoms with E-state index in [4.69, 9.17) is 9.57 Å². The Bertz CT molecular complexity index is 602. The number of aromatic nitrogens is 1. The Morgan fingerprint density at radius 2 is 2.35 bits per heavy atom.